The van der Waals surface area contributed by atoms with E-state index in [1.54, 1.807) is 23.9 Å². The van der Waals surface area contributed by atoms with Gasteiger partial charge in [0.05, 0.1) is 0 Å². The molecule has 0 radical (unpaired) electrons. The number of hydrogen-bond acceptors (Lipinski definition) is 2. The van der Waals surface area contributed by atoms with Crippen molar-refractivity contribution in [2.45, 2.75) is 17.9 Å². The summed E-state index contributed by atoms with van der Waals surface area (Å²) in [6.07, 6.45) is 0. The number of halogens is 1. The summed E-state index contributed by atoms with van der Waals surface area (Å²) in [6, 6.07) is 15.5. The summed E-state index contributed by atoms with van der Waals surface area (Å²) in [5, 5.41) is 3.31. The van der Waals surface area contributed by atoms with Gasteiger partial charge in [0.25, 0.3) is 0 Å². The Kier molecular flexibility index (Phi) is 5.00. The van der Waals surface area contributed by atoms with Gasteiger partial charge >= 0.3 is 0 Å². The van der Waals surface area contributed by atoms with Gasteiger partial charge in [-0.05, 0) is 37.7 Å². The van der Waals surface area contributed by atoms with Gasteiger partial charge in [-0.3, -0.25) is 0 Å². The highest BCUT2D eigenvalue weighted by Crippen LogP contribution is 2.25. The van der Waals surface area contributed by atoms with Crippen LogP contribution >= 0.6 is 11.8 Å². The van der Waals surface area contributed by atoms with Crippen LogP contribution in [0.5, 0.6) is 0 Å². The lowest BCUT2D eigenvalue weighted by Gasteiger charge is -2.16. The molecule has 0 aromatic heterocycles. The van der Waals surface area contributed by atoms with Crippen LogP contribution in [0.15, 0.2) is 53.4 Å². The van der Waals surface area contributed by atoms with E-state index in [0.717, 1.165) is 10.6 Å². The smallest absolute Gasteiger partial charge is 0.124 e. The Morgan fingerprint density at radius 2 is 1.89 bits per heavy atom. The van der Waals surface area contributed by atoms with E-state index in [0.29, 0.717) is 0 Å². The van der Waals surface area contributed by atoms with E-state index < -0.39 is 0 Å². The number of hydrogen-bond donors (Lipinski definition) is 1. The molecule has 0 spiro atoms. The van der Waals surface area contributed by atoms with Gasteiger partial charge in [-0.15, -0.1) is 11.8 Å². The van der Waals surface area contributed by atoms with Crippen LogP contribution in [-0.2, 0) is 0 Å². The van der Waals surface area contributed by atoms with Gasteiger partial charge < -0.3 is 5.32 Å². The molecular weight excluding hydrogens is 257 g/mol. The molecule has 1 nitrogen and oxygen atoms in total. The Hall–Kier alpha value is -1.32. The maximum atomic E-state index is 13.1. The van der Waals surface area contributed by atoms with E-state index in [4.69, 9.17) is 0 Å². The lowest BCUT2D eigenvalue weighted by molar-refractivity contribution is 0.624. The number of aryl methyl sites for hydroxylation is 1. The van der Waals surface area contributed by atoms with Crippen molar-refractivity contribution in [1.29, 1.82) is 0 Å². The highest BCUT2D eigenvalue weighted by Gasteiger charge is 2.09. The second-order valence-corrected chi connectivity index (χ2v) is 5.61. The Morgan fingerprint density at radius 3 is 2.53 bits per heavy atom. The lowest BCUT2D eigenvalue weighted by atomic mass is 10.1. The normalized spacial score (nSPS) is 12.4. The molecular formula is C16H18FNS. The van der Waals surface area contributed by atoms with Crippen molar-refractivity contribution < 1.29 is 4.39 Å². The standard InChI is InChI=1S/C16H18FNS/c1-12-6-8-13(9-7-12)16(18-2)11-19-15-5-3-4-14(17)10-15/h3-10,16,18H,11H2,1-2H3. The van der Waals surface area contributed by atoms with Gasteiger partial charge in [0.1, 0.15) is 5.82 Å². The minimum absolute atomic E-state index is 0.179. The molecule has 2 rings (SSSR count). The Labute approximate surface area is 118 Å². The number of thioether (sulfide) groups is 1. The largest absolute Gasteiger partial charge is 0.312 e. The van der Waals surface area contributed by atoms with Crippen LogP contribution in [0.25, 0.3) is 0 Å². The lowest BCUT2D eigenvalue weighted by Crippen LogP contribution is -2.18. The van der Waals surface area contributed by atoms with Crippen molar-refractivity contribution in [3.63, 3.8) is 0 Å². The Morgan fingerprint density at radius 1 is 1.16 bits per heavy atom. The molecule has 0 bridgehead atoms. The topological polar surface area (TPSA) is 12.0 Å². The third kappa shape index (κ3) is 4.08. The molecule has 1 N–H and O–H groups in total. The van der Waals surface area contributed by atoms with Gasteiger partial charge in [0.2, 0.25) is 0 Å². The van der Waals surface area contributed by atoms with E-state index in [-0.39, 0.29) is 11.9 Å². The molecule has 0 heterocycles. The van der Waals surface area contributed by atoms with Gasteiger partial charge in [-0.2, -0.15) is 0 Å². The third-order valence-corrected chi connectivity index (χ3v) is 4.13. The molecule has 0 aliphatic rings. The molecule has 2 aromatic carbocycles. The van der Waals surface area contributed by atoms with Crippen molar-refractivity contribution in [3.8, 4) is 0 Å². The van der Waals surface area contributed by atoms with E-state index in [1.165, 1.54) is 17.2 Å². The zero-order valence-corrected chi connectivity index (χ0v) is 12.0. The quantitative estimate of drug-likeness (QED) is 0.821. The van der Waals surface area contributed by atoms with E-state index in [1.807, 2.05) is 13.1 Å². The van der Waals surface area contributed by atoms with E-state index in [9.17, 15) is 4.39 Å². The summed E-state index contributed by atoms with van der Waals surface area (Å²) in [5.74, 6) is 0.699. The fourth-order valence-corrected chi connectivity index (χ4v) is 2.97. The van der Waals surface area contributed by atoms with Crippen LogP contribution in [0.1, 0.15) is 17.2 Å². The minimum atomic E-state index is -0.179. The molecule has 0 saturated carbocycles. The molecule has 0 fully saturated rings. The number of rotatable bonds is 5. The molecule has 0 saturated heterocycles. The van der Waals surface area contributed by atoms with Crippen LogP contribution in [0.3, 0.4) is 0 Å². The first-order valence-electron chi connectivity index (χ1n) is 6.31. The molecule has 1 unspecified atom stereocenters. The van der Waals surface area contributed by atoms with Crippen LogP contribution in [0.2, 0.25) is 0 Å². The first-order chi connectivity index (χ1) is 9.19. The molecule has 0 aliphatic carbocycles. The fourth-order valence-electron chi connectivity index (χ4n) is 1.88. The van der Waals surface area contributed by atoms with Crippen molar-refractivity contribution >= 4 is 11.8 Å². The second kappa shape index (κ2) is 6.73. The average Bonchev–Trinajstić information content (AvgIpc) is 2.41. The fraction of sp³-hybridized carbons (Fsp3) is 0.250. The molecule has 100 valence electrons. The average molecular weight is 275 g/mol. The molecule has 0 aliphatic heterocycles. The van der Waals surface area contributed by atoms with Crippen LogP contribution in [0, 0.1) is 12.7 Å². The zero-order valence-electron chi connectivity index (χ0n) is 11.2. The molecule has 19 heavy (non-hydrogen) atoms. The summed E-state index contributed by atoms with van der Waals surface area (Å²) >= 11 is 1.66. The Bertz CT molecular complexity index is 525. The highest BCUT2D eigenvalue weighted by atomic mass is 32.2. The summed E-state index contributed by atoms with van der Waals surface area (Å²) in [4.78, 5) is 0.965. The Balaban J connectivity index is 2.01. The maximum absolute atomic E-state index is 13.1. The molecule has 0 amide bonds. The van der Waals surface area contributed by atoms with E-state index >= 15 is 0 Å². The van der Waals surface area contributed by atoms with Gasteiger partial charge in [-0.1, -0.05) is 35.9 Å². The summed E-state index contributed by atoms with van der Waals surface area (Å²) in [6.45, 7) is 2.08. The highest BCUT2D eigenvalue weighted by molar-refractivity contribution is 7.99. The molecule has 1 atom stereocenters. The van der Waals surface area contributed by atoms with Gasteiger partial charge in [0, 0.05) is 16.7 Å². The third-order valence-electron chi connectivity index (χ3n) is 3.04. The number of benzene rings is 2. The molecule has 2 aromatic rings. The first-order valence-corrected chi connectivity index (χ1v) is 7.30. The summed E-state index contributed by atoms with van der Waals surface area (Å²) in [5.41, 5.74) is 2.52. The second-order valence-electron chi connectivity index (χ2n) is 4.52. The van der Waals surface area contributed by atoms with Crippen LogP contribution in [0.4, 0.5) is 4.39 Å². The van der Waals surface area contributed by atoms with Crippen LogP contribution < -0.4 is 5.32 Å². The summed E-state index contributed by atoms with van der Waals surface area (Å²) < 4.78 is 13.1. The van der Waals surface area contributed by atoms with Gasteiger partial charge in [0.15, 0.2) is 0 Å². The first kappa shape index (κ1) is 14.1. The van der Waals surface area contributed by atoms with Crippen molar-refractivity contribution in [2.75, 3.05) is 12.8 Å². The van der Waals surface area contributed by atoms with Crippen molar-refractivity contribution in [1.82, 2.24) is 5.32 Å². The van der Waals surface area contributed by atoms with E-state index in [2.05, 4.69) is 36.5 Å². The summed E-state index contributed by atoms with van der Waals surface area (Å²) in [7, 11) is 1.96. The van der Waals surface area contributed by atoms with Crippen molar-refractivity contribution in [2.24, 2.45) is 0 Å². The van der Waals surface area contributed by atoms with Crippen LogP contribution in [-0.4, -0.2) is 12.8 Å². The molecule has 3 heteroatoms. The predicted molar refractivity (Wildman–Crippen MR) is 80.1 cm³/mol. The van der Waals surface area contributed by atoms with Crippen molar-refractivity contribution in [3.05, 3.63) is 65.5 Å². The SMILES string of the molecule is CNC(CSc1cccc(F)c1)c1ccc(C)cc1. The number of nitrogens with one attached hydrogen (secondary N) is 1. The maximum Gasteiger partial charge on any atom is 0.124 e. The van der Waals surface area contributed by atoms with Gasteiger partial charge in [-0.25, -0.2) is 4.39 Å². The monoisotopic (exact) mass is 275 g/mol. The predicted octanol–water partition coefficient (Wildman–Crippen LogP) is 4.19. The minimum Gasteiger partial charge on any atom is -0.312 e. The zero-order chi connectivity index (χ0) is 13.7.